The fourth-order valence-electron chi connectivity index (χ4n) is 1.66. The Morgan fingerprint density at radius 2 is 2.06 bits per heavy atom. The monoisotopic (exact) mass is 271 g/mol. The predicted octanol–water partition coefficient (Wildman–Crippen LogP) is 0.940. The predicted molar refractivity (Wildman–Crippen MR) is 68.6 cm³/mol. The van der Waals surface area contributed by atoms with E-state index in [4.69, 9.17) is 9.47 Å². The van der Waals surface area contributed by atoms with Crippen LogP contribution in [0, 0.1) is 0 Å². The molecule has 1 aliphatic rings. The Morgan fingerprint density at radius 3 is 2.83 bits per heavy atom. The van der Waals surface area contributed by atoms with Gasteiger partial charge in [-0.15, -0.1) is 0 Å². The van der Waals surface area contributed by atoms with Gasteiger partial charge in [-0.1, -0.05) is 13.0 Å². The maximum atomic E-state index is 11.3. The maximum Gasteiger partial charge on any atom is 0.231 e. The molecular formula is C12H17NO4S. The SMILES string of the molecule is CCS(=O)(=O)CCNCc1ccc2c(c1)OCO2. The fourth-order valence-corrected chi connectivity index (χ4v) is 2.40. The fraction of sp³-hybridized carbons (Fsp3) is 0.500. The minimum Gasteiger partial charge on any atom is -0.454 e. The molecule has 1 aromatic rings. The zero-order valence-corrected chi connectivity index (χ0v) is 11.1. The summed E-state index contributed by atoms with van der Waals surface area (Å²) in [6.07, 6.45) is 0. The molecular weight excluding hydrogens is 254 g/mol. The first-order valence-corrected chi connectivity index (χ1v) is 7.72. The first kappa shape index (κ1) is 13.2. The van der Waals surface area contributed by atoms with Crippen LogP contribution in [0.15, 0.2) is 18.2 Å². The zero-order chi connectivity index (χ0) is 13.0. The van der Waals surface area contributed by atoms with Crippen LogP contribution in [0.25, 0.3) is 0 Å². The molecule has 1 N–H and O–H groups in total. The molecule has 0 unspecified atom stereocenters. The van der Waals surface area contributed by atoms with Crippen LogP contribution in [0.1, 0.15) is 12.5 Å². The molecule has 0 saturated carbocycles. The van der Waals surface area contributed by atoms with Gasteiger partial charge in [0.05, 0.1) is 5.75 Å². The molecule has 1 aliphatic heterocycles. The number of rotatable bonds is 6. The molecule has 1 heterocycles. The van der Waals surface area contributed by atoms with Crippen molar-refractivity contribution >= 4 is 9.84 Å². The molecule has 0 saturated heterocycles. The van der Waals surface area contributed by atoms with Crippen molar-refractivity contribution in [2.45, 2.75) is 13.5 Å². The van der Waals surface area contributed by atoms with Crippen LogP contribution in [0.2, 0.25) is 0 Å². The standard InChI is InChI=1S/C12H17NO4S/c1-2-18(14,15)6-5-13-8-10-3-4-11-12(7-10)17-9-16-11/h3-4,7,13H,2,5-6,8-9H2,1H3. The number of sulfone groups is 1. The van der Waals surface area contributed by atoms with Crippen LogP contribution in [-0.2, 0) is 16.4 Å². The topological polar surface area (TPSA) is 64.6 Å². The molecule has 0 amide bonds. The quantitative estimate of drug-likeness (QED) is 0.780. The molecule has 2 rings (SSSR count). The third-order valence-electron chi connectivity index (χ3n) is 2.80. The van der Waals surface area contributed by atoms with E-state index >= 15 is 0 Å². The second-order valence-electron chi connectivity index (χ2n) is 4.10. The molecule has 0 radical (unpaired) electrons. The second kappa shape index (κ2) is 5.58. The normalized spacial score (nSPS) is 13.8. The van der Waals surface area contributed by atoms with Gasteiger partial charge >= 0.3 is 0 Å². The number of hydrogen-bond acceptors (Lipinski definition) is 5. The minimum atomic E-state index is -2.89. The first-order valence-electron chi connectivity index (χ1n) is 5.90. The van der Waals surface area contributed by atoms with Crippen LogP contribution in [0.3, 0.4) is 0 Å². The zero-order valence-electron chi connectivity index (χ0n) is 10.3. The largest absolute Gasteiger partial charge is 0.454 e. The number of hydrogen-bond donors (Lipinski definition) is 1. The Balaban J connectivity index is 1.81. The average Bonchev–Trinajstić information content (AvgIpc) is 2.82. The summed E-state index contributed by atoms with van der Waals surface area (Å²) in [5.74, 6) is 1.87. The number of fused-ring (bicyclic) bond motifs is 1. The van der Waals surface area contributed by atoms with Gasteiger partial charge in [-0.25, -0.2) is 8.42 Å². The molecule has 6 heteroatoms. The third kappa shape index (κ3) is 3.36. The van der Waals surface area contributed by atoms with Crippen molar-refractivity contribution in [3.05, 3.63) is 23.8 Å². The Hall–Kier alpha value is -1.27. The van der Waals surface area contributed by atoms with Gasteiger partial charge in [0.1, 0.15) is 0 Å². The van der Waals surface area contributed by atoms with Gasteiger partial charge in [0.25, 0.3) is 0 Å². The maximum absolute atomic E-state index is 11.3. The number of ether oxygens (including phenoxy) is 2. The van der Waals surface area contributed by atoms with Crippen LogP contribution in [-0.4, -0.2) is 33.3 Å². The first-order chi connectivity index (χ1) is 8.61. The van der Waals surface area contributed by atoms with Crippen molar-refractivity contribution in [3.8, 4) is 11.5 Å². The molecule has 0 aromatic heterocycles. The molecule has 0 fully saturated rings. The van der Waals surface area contributed by atoms with E-state index in [0.29, 0.717) is 13.1 Å². The Kier molecular flexibility index (Phi) is 4.08. The summed E-state index contributed by atoms with van der Waals surface area (Å²) in [4.78, 5) is 0. The molecule has 100 valence electrons. The summed E-state index contributed by atoms with van der Waals surface area (Å²) >= 11 is 0. The highest BCUT2D eigenvalue weighted by atomic mass is 32.2. The summed E-state index contributed by atoms with van der Waals surface area (Å²) in [5, 5.41) is 3.11. The van der Waals surface area contributed by atoms with Gasteiger partial charge in [0, 0.05) is 18.8 Å². The Labute approximate surface area is 107 Å². The van der Waals surface area contributed by atoms with E-state index in [2.05, 4.69) is 5.32 Å². The number of benzene rings is 1. The van der Waals surface area contributed by atoms with Gasteiger partial charge in [-0.3, -0.25) is 0 Å². The van der Waals surface area contributed by atoms with Crippen molar-refractivity contribution in [2.75, 3.05) is 24.8 Å². The lowest BCUT2D eigenvalue weighted by atomic mass is 10.2. The summed E-state index contributed by atoms with van der Waals surface area (Å²) in [6, 6.07) is 5.71. The molecule has 0 bridgehead atoms. The van der Waals surface area contributed by atoms with Gasteiger partial charge in [-0.2, -0.15) is 0 Å². The van der Waals surface area contributed by atoms with Gasteiger partial charge in [0.15, 0.2) is 21.3 Å². The lowest BCUT2D eigenvalue weighted by Gasteiger charge is -2.06. The van der Waals surface area contributed by atoms with E-state index in [1.807, 2.05) is 18.2 Å². The van der Waals surface area contributed by atoms with Crippen LogP contribution in [0.5, 0.6) is 11.5 Å². The highest BCUT2D eigenvalue weighted by Gasteiger charge is 2.13. The van der Waals surface area contributed by atoms with Crippen LogP contribution >= 0.6 is 0 Å². The lowest BCUT2D eigenvalue weighted by molar-refractivity contribution is 0.174. The summed E-state index contributed by atoms with van der Waals surface area (Å²) in [5.41, 5.74) is 1.05. The third-order valence-corrected chi connectivity index (χ3v) is 4.50. The van der Waals surface area contributed by atoms with E-state index in [1.165, 1.54) is 0 Å². The molecule has 1 aromatic carbocycles. The number of nitrogens with one attached hydrogen (secondary N) is 1. The molecule has 0 atom stereocenters. The van der Waals surface area contributed by atoms with Crippen molar-refractivity contribution in [1.29, 1.82) is 0 Å². The summed E-state index contributed by atoms with van der Waals surface area (Å²) in [7, 11) is -2.89. The minimum absolute atomic E-state index is 0.175. The van der Waals surface area contributed by atoms with E-state index in [0.717, 1.165) is 17.1 Å². The van der Waals surface area contributed by atoms with Crippen molar-refractivity contribution in [1.82, 2.24) is 5.32 Å². The van der Waals surface area contributed by atoms with E-state index in [1.54, 1.807) is 6.92 Å². The van der Waals surface area contributed by atoms with Gasteiger partial charge in [0.2, 0.25) is 6.79 Å². The van der Waals surface area contributed by atoms with E-state index in [-0.39, 0.29) is 18.3 Å². The Bertz CT molecular complexity index is 513. The highest BCUT2D eigenvalue weighted by molar-refractivity contribution is 7.91. The van der Waals surface area contributed by atoms with Crippen LogP contribution < -0.4 is 14.8 Å². The van der Waals surface area contributed by atoms with E-state index in [9.17, 15) is 8.42 Å². The smallest absolute Gasteiger partial charge is 0.231 e. The van der Waals surface area contributed by atoms with E-state index < -0.39 is 9.84 Å². The summed E-state index contributed by atoms with van der Waals surface area (Å²) in [6.45, 7) is 3.01. The van der Waals surface area contributed by atoms with Crippen molar-refractivity contribution in [3.63, 3.8) is 0 Å². The molecule has 18 heavy (non-hydrogen) atoms. The average molecular weight is 271 g/mol. The molecule has 5 nitrogen and oxygen atoms in total. The second-order valence-corrected chi connectivity index (χ2v) is 6.57. The molecule has 0 spiro atoms. The van der Waals surface area contributed by atoms with Crippen LogP contribution in [0.4, 0.5) is 0 Å². The Morgan fingerprint density at radius 1 is 1.28 bits per heavy atom. The lowest BCUT2D eigenvalue weighted by Crippen LogP contribution is -2.23. The molecule has 0 aliphatic carbocycles. The van der Waals surface area contributed by atoms with Gasteiger partial charge < -0.3 is 14.8 Å². The van der Waals surface area contributed by atoms with Crippen molar-refractivity contribution in [2.24, 2.45) is 0 Å². The van der Waals surface area contributed by atoms with Gasteiger partial charge in [-0.05, 0) is 17.7 Å². The summed E-state index contributed by atoms with van der Waals surface area (Å²) < 4.78 is 33.1. The van der Waals surface area contributed by atoms with Crippen molar-refractivity contribution < 1.29 is 17.9 Å². The highest BCUT2D eigenvalue weighted by Crippen LogP contribution is 2.32.